The topological polar surface area (TPSA) is 102 Å². The van der Waals surface area contributed by atoms with E-state index >= 15 is 0 Å². The van der Waals surface area contributed by atoms with Crippen molar-refractivity contribution in [2.24, 2.45) is 0 Å². The van der Waals surface area contributed by atoms with Crippen LogP contribution in [0.5, 0.6) is 0 Å². The molecule has 0 spiro atoms. The highest BCUT2D eigenvalue weighted by molar-refractivity contribution is 5.76. The number of hydrogen-bond acceptors (Lipinski definition) is 5. The highest BCUT2D eigenvalue weighted by atomic mass is 16.5. The molecular formula is C24H41N3O5. The monoisotopic (exact) mass is 451 g/mol. The van der Waals surface area contributed by atoms with E-state index < -0.39 is 5.97 Å². The number of imidazole rings is 1. The molecule has 0 aliphatic rings. The molecule has 8 heteroatoms. The van der Waals surface area contributed by atoms with Crippen molar-refractivity contribution in [3.63, 3.8) is 0 Å². The molecule has 0 aliphatic heterocycles. The summed E-state index contributed by atoms with van der Waals surface area (Å²) in [6, 6.07) is -0.187. The molecule has 1 aromatic rings. The van der Waals surface area contributed by atoms with Gasteiger partial charge in [-0.05, 0) is 25.7 Å². The smallest absolute Gasteiger partial charge is 0.329 e. The number of carbonyl (C=O) groups excluding carboxylic acids is 2. The van der Waals surface area contributed by atoms with Crippen molar-refractivity contribution < 1.29 is 24.2 Å². The summed E-state index contributed by atoms with van der Waals surface area (Å²) in [5.74, 6) is -1.02. The largest absolute Gasteiger partial charge is 0.481 e. The number of aromatic nitrogens is 2. The first-order valence-electron chi connectivity index (χ1n) is 12.2. The molecule has 1 heterocycles. The number of aliphatic carboxylic acids is 1. The quantitative estimate of drug-likeness (QED) is 0.227. The third-order valence-corrected chi connectivity index (χ3v) is 5.38. The van der Waals surface area contributed by atoms with Crippen LogP contribution in [0.15, 0.2) is 18.7 Å². The summed E-state index contributed by atoms with van der Waals surface area (Å²) in [4.78, 5) is 40.9. The predicted molar refractivity (Wildman–Crippen MR) is 124 cm³/mol. The Hall–Kier alpha value is -2.38. The molecular weight excluding hydrogens is 410 g/mol. The minimum absolute atomic E-state index is 0.139. The van der Waals surface area contributed by atoms with Crippen LogP contribution in [-0.4, -0.2) is 57.2 Å². The first-order chi connectivity index (χ1) is 15.5. The molecule has 0 aliphatic carbocycles. The van der Waals surface area contributed by atoms with Gasteiger partial charge in [-0.25, -0.2) is 9.78 Å². The van der Waals surface area contributed by atoms with Gasteiger partial charge >= 0.3 is 18.0 Å². The lowest BCUT2D eigenvalue weighted by atomic mass is 10.1. The summed E-state index contributed by atoms with van der Waals surface area (Å²) in [7, 11) is 0. The van der Waals surface area contributed by atoms with Gasteiger partial charge in [0.05, 0.1) is 6.61 Å². The van der Waals surface area contributed by atoms with Crippen LogP contribution < -0.4 is 0 Å². The third kappa shape index (κ3) is 13.8. The molecule has 0 radical (unpaired) electrons. The average molecular weight is 452 g/mol. The van der Waals surface area contributed by atoms with Crippen LogP contribution in [0.4, 0.5) is 4.79 Å². The Bertz CT molecular complexity index is 634. The standard InChI is InChI=1S/C24H41N3O5/c1-2-3-4-5-6-7-8-12-20-32-23(30)15-13-18-26(17-11-9-10-14-22(28)29)24(31)27-19-16-25-21-27/h16,19,21H,2-15,17-18,20H2,1H3,(H,28,29). The molecule has 32 heavy (non-hydrogen) atoms. The van der Waals surface area contributed by atoms with Gasteiger partial charge in [0.1, 0.15) is 6.33 Å². The van der Waals surface area contributed by atoms with Gasteiger partial charge in [-0.3, -0.25) is 14.2 Å². The lowest BCUT2D eigenvalue weighted by molar-refractivity contribution is -0.144. The molecule has 8 nitrogen and oxygen atoms in total. The van der Waals surface area contributed by atoms with Gasteiger partial charge in [-0.2, -0.15) is 0 Å². The maximum absolute atomic E-state index is 12.6. The van der Waals surface area contributed by atoms with Crippen molar-refractivity contribution in [1.82, 2.24) is 14.5 Å². The third-order valence-electron chi connectivity index (χ3n) is 5.38. The number of carboxylic acids is 1. The van der Waals surface area contributed by atoms with Gasteiger partial charge in [0, 0.05) is 38.3 Å². The molecule has 1 aromatic heterocycles. The number of esters is 1. The molecule has 1 amide bonds. The summed E-state index contributed by atoms with van der Waals surface area (Å²) in [6.07, 6.45) is 17.2. The first-order valence-corrected chi connectivity index (χ1v) is 12.2. The zero-order valence-corrected chi connectivity index (χ0v) is 19.7. The molecule has 0 saturated carbocycles. The maximum Gasteiger partial charge on any atom is 0.329 e. The number of nitrogens with zero attached hydrogens (tertiary/aromatic N) is 3. The molecule has 1 rings (SSSR count). The number of amides is 1. The molecule has 182 valence electrons. The molecule has 0 bridgehead atoms. The normalized spacial score (nSPS) is 10.8. The van der Waals surface area contributed by atoms with Gasteiger partial charge in [-0.1, -0.05) is 58.3 Å². The summed E-state index contributed by atoms with van der Waals surface area (Å²) >= 11 is 0. The van der Waals surface area contributed by atoms with Crippen molar-refractivity contribution in [3.05, 3.63) is 18.7 Å². The van der Waals surface area contributed by atoms with Crippen LogP contribution in [0.2, 0.25) is 0 Å². The molecule has 0 atom stereocenters. The van der Waals surface area contributed by atoms with Gasteiger partial charge in [0.25, 0.3) is 0 Å². The van der Waals surface area contributed by atoms with E-state index in [9.17, 15) is 14.4 Å². The van der Waals surface area contributed by atoms with Crippen LogP contribution in [0.25, 0.3) is 0 Å². The van der Waals surface area contributed by atoms with Crippen LogP contribution in [0.3, 0.4) is 0 Å². The van der Waals surface area contributed by atoms with Crippen molar-refractivity contribution in [2.75, 3.05) is 19.7 Å². The Morgan fingerprint density at radius 2 is 1.53 bits per heavy atom. The van der Waals surface area contributed by atoms with E-state index in [0.717, 1.165) is 25.7 Å². The predicted octanol–water partition coefficient (Wildman–Crippen LogP) is 5.26. The SMILES string of the molecule is CCCCCCCCCCOC(=O)CCCN(CCCCCC(=O)O)C(=O)n1ccnc1. The summed E-state index contributed by atoms with van der Waals surface area (Å²) in [5, 5.41) is 8.73. The van der Waals surface area contributed by atoms with E-state index in [4.69, 9.17) is 9.84 Å². The van der Waals surface area contributed by atoms with E-state index in [-0.39, 0.29) is 24.8 Å². The van der Waals surface area contributed by atoms with E-state index in [1.54, 1.807) is 17.3 Å². The Kier molecular flexibility index (Phi) is 15.7. The first kappa shape index (κ1) is 27.7. The highest BCUT2D eigenvalue weighted by Crippen LogP contribution is 2.09. The second kappa shape index (κ2) is 18.2. The van der Waals surface area contributed by atoms with Crippen LogP contribution in [0.1, 0.15) is 96.8 Å². The lowest BCUT2D eigenvalue weighted by Crippen LogP contribution is -2.36. The van der Waals surface area contributed by atoms with E-state index in [1.165, 1.54) is 49.4 Å². The fraction of sp³-hybridized carbons (Fsp3) is 0.750. The average Bonchev–Trinajstić information content (AvgIpc) is 3.31. The Morgan fingerprint density at radius 3 is 2.19 bits per heavy atom. The Balaban J connectivity index is 2.22. The number of rotatable bonds is 19. The zero-order chi connectivity index (χ0) is 23.4. The zero-order valence-electron chi connectivity index (χ0n) is 19.7. The van der Waals surface area contributed by atoms with Gasteiger partial charge in [0.2, 0.25) is 0 Å². The minimum atomic E-state index is -0.804. The van der Waals surface area contributed by atoms with E-state index in [2.05, 4.69) is 11.9 Å². The van der Waals surface area contributed by atoms with Crippen molar-refractivity contribution in [2.45, 2.75) is 96.8 Å². The fourth-order valence-corrected chi connectivity index (χ4v) is 3.50. The highest BCUT2D eigenvalue weighted by Gasteiger charge is 2.15. The number of carboxylic acid groups (broad SMARTS) is 1. The van der Waals surface area contributed by atoms with Crippen molar-refractivity contribution in [1.29, 1.82) is 0 Å². The summed E-state index contributed by atoms with van der Waals surface area (Å²) < 4.78 is 6.74. The number of ether oxygens (including phenoxy) is 1. The van der Waals surface area contributed by atoms with Gasteiger partial charge in [0.15, 0.2) is 0 Å². The number of carbonyl (C=O) groups is 3. The molecule has 0 fully saturated rings. The molecule has 0 unspecified atom stereocenters. The Labute approximate surface area is 192 Å². The van der Waals surface area contributed by atoms with Crippen LogP contribution in [-0.2, 0) is 14.3 Å². The molecule has 0 saturated heterocycles. The minimum Gasteiger partial charge on any atom is -0.481 e. The molecule has 0 aromatic carbocycles. The van der Waals surface area contributed by atoms with Crippen LogP contribution in [0, 0.1) is 0 Å². The van der Waals surface area contributed by atoms with Crippen molar-refractivity contribution >= 4 is 18.0 Å². The number of hydrogen-bond donors (Lipinski definition) is 1. The van der Waals surface area contributed by atoms with Crippen LogP contribution >= 0.6 is 0 Å². The summed E-state index contributed by atoms with van der Waals surface area (Å²) in [6.45, 7) is 3.65. The van der Waals surface area contributed by atoms with Crippen molar-refractivity contribution in [3.8, 4) is 0 Å². The maximum atomic E-state index is 12.6. The molecule has 1 N–H and O–H groups in total. The lowest BCUT2D eigenvalue weighted by Gasteiger charge is -2.22. The van der Waals surface area contributed by atoms with E-state index in [0.29, 0.717) is 32.5 Å². The van der Waals surface area contributed by atoms with Gasteiger partial charge in [-0.15, -0.1) is 0 Å². The fourth-order valence-electron chi connectivity index (χ4n) is 3.50. The number of unbranched alkanes of at least 4 members (excludes halogenated alkanes) is 9. The summed E-state index contributed by atoms with van der Waals surface area (Å²) in [5.41, 5.74) is 0. The second-order valence-electron chi connectivity index (χ2n) is 8.24. The van der Waals surface area contributed by atoms with E-state index in [1.807, 2.05) is 0 Å². The Morgan fingerprint density at radius 1 is 0.875 bits per heavy atom. The second-order valence-corrected chi connectivity index (χ2v) is 8.24. The van der Waals surface area contributed by atoms with Gasteiger partial charge < -0.3 is 14.7 Å².